The van der Waals surface area contributed by atoms with Gasteiger partial charge in [0.15, 0.2) is 0 Å². The molecule has 0 unspecified atom stereocenters. The van der Waals surface area contributed by atoms with E-state index in [-0.39, 0.29) is 18.0 Å². The second-order valence-electron chi connectivity index (χ2n) is 5.18. The third kappa shape index (κ3) is 6.90. The minimum absolute atomic E-state index is 0.0236. The number of anilines is 1. The molecule has 0 radical (unpaired) electrons. The fourth-order valence-corrected chi connectivity index (χ4v) is 1.80. The summed E-state index contributed by atoms with van der Waals surface area (Å²) in [4.78, 5) is 23.4. The number of rotatable bonds is 8. The van der Waals surface area contributed by atoms with Crippen LogP contribution in [0.25, 0.3) is 0 Å². The third-order valence-electron chi connectivity index (χ3n) is 2.86. The Morgan fingerprint density at radius 3 is 2.38 bits per heavy atom. The number of carbonyl (C=O) groups is 2. The Labute approximate surface area is 125 Å². The normalized spacial score (nSPS) is 10.5. The molecule has 1 aromatic rings. The van der Waals surface area contributed by atoms with Gasteiger partial charge < -0.3 is 15.8 Å². The molecule has 21 heavy (non-hydrogen) atoms. The van der Waals surface area contributed by atoms with Crippen molar-refractivity contribution in [3.8, 4) is 0 Å². The van der Waals surface area contributed by atoms with E-state index in [9.17, 15) is 9.59 Å². The zero-order valence-electron chi connectivity index (χ0n) is 12.7. The van der Waals surface area contributed by atoms with Crippen molar-refractivity contribution in [2.75, 3.05) is 11.9 Å². The van der Waals surface area contributed by atoms with Gasteiger partial charge in [-0.1, -0.05) is 6.42 Å². The van der Waals surface area contributed by atoms with Gasteiger partial charge in [-0.15, -0.1) is 0 Å². The Bertz CT molecular complexity index is 455. The molecule has 3 N–H and O–H groups in total. The number of benzene rings is 1. The molecule has 5 heteroatoms. The van der Waals surface area contributed by atoms with Crippen molar-refractivity contribution in [3.05, 3.63) is 29.8 Å². The van der Waals surface area contributed by atoms with Gasteiger partial charge in [-0.2, -0.15) is 0 Å². The van der Waals surface area contributed by atoms with Gasteiger partial charge in [-0.25, -0.2) is 4.79 Å². The van der Waals surface area contributed by atoms with E-state index in [0.717, 1.165) is 19.3 Å². The standard InChI is InChI=1S/C16H24N2O3/c1-12(2)21-16(20)13-7-9-14(10-8-13)18-15(19)6-4-3-5-11-17/h7-10,12H,3-6,11,17H2,1-2H3,(H,18,19). The Balaban J connectivity index is 2.43. The summed E-state index contributed by atoms with van der Waals surface area (Å²) in [5.74, 6) is -0.380. The Morgan fingerprint density at radius 2 is 1.81 bits per heavy atom. The van der Waals surface area contributed by atoms with Crippen LogP contribution < -0.4 is 11.1 Å². The predicted octanol–water partition coefficient (Wildman–Crippen LogP) is 2.71. The van der Waals surface area contributed by atoms with Crippen LogP contribution in [0.5, 0.6) is 0 Å². The zero-order valence-corrected chi connectivity index (χ0v) is 12.7. The molecule has 0 aliphatic carbocycles. The van der Waals surface area contributed by atoms with Gasteiger partial charge in [-0.3, -0.25) is 4.79 Å². The van der Waals surface area contributed by atoms with E-state index in [0.29, 0.717) is 24.2 Å². The Hall–Kier alpha value is -1.88. The van der Waals surface area contributed by atoms with Crippen LogP contribution in [0.3, 0.4) is 0 Å². The second-order valence-corrected chi connectivity index (χ2v) is 5.18. The fraction of sp³-hybridized carbons (Fsp3) is 0.500. The molecule has 0 bridgehead atoms. The molecule has 1 amide bonds. The van der Waals surface area contributed by atoms with E-state index in [4.69, 9.17) is 10.5 Å². The van der Waals surface area contributed by atoms with Crippen molar-refractivity contribution in [1.82, 2.24) is 0 Å². The molecule has 1 aromatic carbocycles. The summed E-state index contributed by atoms with van der Waals surface area (Å²) in [7, 11) is 0. The van der Waals surface area contributed by atoms with Crippen molar-refractivity contribution in [2.45, 2.75) is 45.6 Å². The van der Waals surface area contributed by atoms with E-state index >= 15 is 0 Å². The number of nitrogens with two attached hydrogens (primary N) is 1. The zero-order chi connectivity index (χ0) is 15.7. The number of unbranched alkanes of at least 4 members (excludes halogenated alkanes) is 2. The topological polar surface area (TPSA) is 81.4 Å². The van der Waals surface area contributed by atoms with Crippen molar-refractivity contribution in [3.63, 3.8) is 0 Å². The number of nitrogens with one attached hydrogen (secondary N) is 1. The number of ether oxygens (including phenoxy) is 1. The molecule has 0 aliphatic rings. The molecule has 1 rings (SSSR count). The number of esters is 1. The summed E-state index contributed by atoms with van der Waals surface area (Å²) >= 11 is 0. The van der Waals surface area contributed by atoms with E-state index < -0.39 is 0 Å². The molecule has 0 spiro atoms. The summed E-state index contributed by atoms with van der Waals surface area (Å²) in [6, 6.07) is 6.70. The minimum atomic E-state index is -0.357. The van der Waals surface area contributed by atoms with Crippen LogP contribution in [0.4, 0.5) is 5.69 Å². The van der Waals surface area contributed by atoms with E-state index in [1.54, 1.807) is 38.1 Å². The predicted molar refractivity (Wildman–Crippen MR) is 83.1 cm³/mol. The first-order valence-corrected chi connectivity index (χ1v) is 7.34. The smallest absolute Gasteiger partial charge is 0.338 e. The summed E-state index contributed by atoms with van der Waals surface area (Å²) in [6.45, 7) is 4.27. The van der Waals surface area contributed by atoms with Crippen LogP contribution in [0.2, 0.25) is 0 Å². The molecule has 0 heterocycles. The van der Waals surface area contributed by atoms with Crippen molar-refractivity contribution in [2.24, 2.45) is 5.73 Å². The molecule has 0 saturated heterocycles. The number of carbonyl (C=O) groups excluding carboxylic acids is 2. The van der Waals surface area contributed by atoms with E-state index in [1.165, 1.54) is 0 Å². The van der Waals surface area contributed by atoms with Crippen molar-refractivity contribution < 1.29 is 14.3 Å². The molecule has 0 saturated carbocycles. The summed E-state index contributed by atoms with van der Waals surface area (Å²) in [6.07, 6.45) is 3.08. The number of hydrogen-bond donors (Lipinski definition) is 2. The van der Waals surface area contributed by atoms with Crippen LogP contribution in [0.15, 0.2) is 24.3 Å². The van der Waals surface area contributed by atoms with Crippen LogP contribution >= 0.6 is 0 Å². The van der Waals surface area contributed by atoms with Gasteiger partial charge in [0.05, 0.1) is 11.7 Å². The van der Waals surface area contributed by atoms with Gasteiger partial charge in [0.1, 0.15) is 0 Å². The maximum absolute atomic E-state index is 11.7. The van der Waals surface area contributed by atoms with E-state index in [2.05, 4.69) is 5.32 Å². The summed E-state index contributed by atoms with van der Waals surface area (Å²) in [5, 5.41) is 2.80. The summed E-state index contributed by atoms with van der Waals surface area (Å²) < 4.78 is 5.10. The molecular formula is C16H24N2O3. The Kier molecular flexibility index (Phi) is 7.46. The Morgan fingerprint density at radius 1 is 1.14 bits per heavy atom. The van der Waals surface area contributed by atoms with Crippen LogP contribution in [-0.4, -0.2) is 24.5 Å². The lowest BCUT2D eigenvalue weighted by Crippen LogP contribution is -2.13. The molecule has 5 nitrogen and oxygen atoms in total. The SMILES string of the molecule is CC(C)OC(=O)c1ccc(NC(=O)CCCCCN)cc1. The maximum Gasteiger partial charge on any atom is 0.338 e. The highest BCUT2D eigenvalue weighted by Crippen LogP contribution is 2.12. The monoisotopic (exact) mass is 292 g/mol. The van der Waals surface area contributed by atoms with Gasteiger partial charge in [0, 0.05) is 12.1 Å². The quantitative estimate of drug-likeness (QED) is 0.570. The van der Waals surface area contributed by atoms with Crippen molar-refractivity contribution in [1.29, 1.82) is 0 Å². The average Bonchev–Trinajstić information content (AvgIpc) is 2.43. The van der Waals surface area contributed by atoms with Crippen LogP contribution in [0.1, 0.15) is 49.9 Å². The number of amides is 1. The largest absolute Gasteiger partial charge is 0.459 e. The molecule has 116 valence electrons. The molecular weight excluding hydrogens is 268 g/mol. The van der Waals surface area contributed by atoms with Gasteiger partial charge in [0.2, 0.25) is 5.91 Å². The highest BCUT2D eigenvalue weighted by molar-refractivity contribution is 5.93. The van der Waals surface area contributed by atoms with Crippen LogP contribution in [0, 0.1) is 0 Å². The first kappa shape index (κ1) is 17.2. The maximum atomic E-state index is 11.7. The van der Waals surface area contributed by atoms with Crippen LogP contribution in [-0.2, 0) is 9.53 Å². The lowest BCUT2D eigenvalue weighted by atomic mass is 10.1. The minimum Gasteiger partial charge on any atom is -0.459 e. The van der Waals surface area contributed by atoms with E-state index in [1.807, 2.05) is 0 Å². The molecule has 0 aromatic heterocycles. The van der Waals surface area contributed by atoms with Gasteiger partial charge in [-0.05, 0) is 57.5 Å². The average molecular weight is 292 g/mol. The summed E-state index contributed by atoms with van der Waals surface area (Å²) in [5.41, 5.74) is 6.56. The highest BCUT2D eigenvalue weighted by Gasteiger charge is 2.09. The second kappa shape index (κ2) is 9.13. The third-order valence-corrected chi connectivity index (χ3v) is 2.86. The molecule has 0 atom stereocenters. The lowest BCUT2D eigenvalue weighted by molar-refractivity contribution is -0.116. The van der Waals surface area contributed by atoms with Gasteiger partial charge >= 0.3 is 5.97 Å². The highest BCUT2D eigenvalue weighted by atomic mass is 16.5. The van der Waals surface area contributed by atoms with Crippen molar-refractivity contribution >= 4 is 17.6 Å². The van der Waals surface area contributed by atoms with Gasteiger partial charge in [0.25, 0.3) is 0 Å². The first-order chi connectivity index (χ1) is 10.0. The molecule has 0 fully saturated rings. The fourth-order valence-electron chi connectivity index (χ4n) is 1.80. The first-order valence-electron chi connectivity index (χ1n) is 7.34. The molecule has 0 aliphatic heterocycles. The number of hydrogen-bond acceptors (Lipinski definition) is 4. The lowest BCUT2D eigenvalue weighted by Gasteiger charge is -2.09.